The van der Waals surface area contributed by atoms with E-state index in [4.69, 9.17) is 23.4 Å². The highest BCUT2D eigenvalue weighted by Gasteiger charge is 2.44. The van der Waals surface area contributed by atoms with E-state index < -0.39 is 36.1 Å². The molecule has 0 spiro atoms. The molecule has 3 heterocycles. The number of aromatic hydroxyl groups is 1. The molecule has 2 aliphatic rings. The van der Waals surface area contributed by atoms with Crippen LogP contribution in [0.1, 0.15) is 64.9 Å². The number of methoxy groups -OCH3 is 1. The van der Waals surface area contributed by atoms with Crippen LogP contribution in [-0.4, -0.2) is 89.4 Å². The molecule has 0 amide bonds. The minimum atomic E-state index is -1.67. The number of hydrogen-bond donors (Lipinski definition) is 4. The lowest BCUT2D eigenvalue weighted by Gasteiger charge is -2.38. The van der Waals surface area contributed by atoms with Crippen LogP contribution in [0, 0.1) is 0 Å². The molecule has 1 aromatic heterocycles. The Morgan fingerprint density at radius 3 is 2.40 bits per heavy atom. The van der Waals surface area contributed by atoms with Gasteiger partial charge in [0.05, 0.1) is 19.8 Å². The second kappa shape index (κ2) is 16.2. The van der Waals surface area contributed by atoms with Crippen molar-refractivity contribution in [2.24, 2.45) is 0 Å². The minimum absolute atomic E-state index is 0.0206. The number of nitrogens with zero attached hydrogens (tertiary/aromatic N) is 1. The monoisotopic (exact) mass is 667 g/mol. The van der Waals surface area contributed by atoms with Gasteiger partial charge in [-0.05, 0) is 96.8 Å². The van der Waals surface area contributed by atoms with Crippen molar-refractivity contribution in [3.8, 4) is 34.3 Å². The van der Waals surface area contributed by atoms with E-state index in [1.807, 2.05) is 19.9 Å². The first-order valence-electron chi connectivity index (χ1n) is 16.9. The molecular formula is C37H49NO10. The number of benzene rings is 2. The minimum Gasteiger partial charge on any atom is -0.507 e. The number of aliphatic hydroxyl groups is 3. The summed E-state index contributed by atoms with van der Waals surface area (Å²) < 4.78 is 29.7. The smallest absolute Gasteiger partial charge is 0.239 e. The van der Waals surface area contributed by atoms with E-state index in [-0.39, 0.29) is 28.2 Å². The van der Waals surface area contributed by atoms with Crippen LogP contribution in [0.2, 0.25) is 0 Å². The van der Waals surface area contributed by atoms with E-state index >= 15 is 0 Å². The Labute approximate surface area is 281 Å². The number of fused-ring (bicyclic) bond motifs is 1. The molecule has 0 bridgehead atoms. The van der Waals surface area contributed by atoms with E-state index in [1.54, 1.807) is 24.3 Å². The van der Waals surface area contributed by atoms with Crippen LogP contribution in [-0.2, 0) is 11.2 Å². The zero-order chi connectivity index (χ0) is 34.4. The van der Waals surface area contributed by atoms with Crippen molar-refractivity contribution in [1.29, 1.82) is 0 Å². The second-order valence-electron chi connectivity index (χ2n) is 13.0. The Balaban J connectivity index is 1.51. The SMILES string of the molecule is COc1ccc(-c2oc3c(CC=C(C)C)c(OCCCCCCN4CCCC4)cc(O)c3c(=O)c2O[C@H]2O[C@H](C)[C@@H](O)[C@H](O)[C@@H]2O)cc1. The molecule has 0 saturated carbocycles. The molecule has 262 valence electrons. The molecule has 48 heavy (non-hydrogen) atoms. The highest BCUT2D eigenvalue weighted by Crippen LogP contribution is 2.41. The summed E-state index contributed by atoms with van der Waals surface area (Å²) in [5.41, 5.74) is 1.54. The highest BCUT2D eigenvalue weighted by molar-refractivity contribution is 5.91. The average Bonchev–Trinajstić information content (AvgIpc) is 3.60. The van der Waals surface area contributed by atoms with Crippen LogP contribution >= 0.6 is 0 Å². The molecule has 3 aromatic rings. The number of allylic oxidation sites excluding steroid dienone is 2. The summed E-state index contributed by atoms with van der Waals surface area (Å²) in [5, 5.41) is 42.4. The molecule has 0 aliphatic carbocycles. The molecule has 11 nitrogen and oxygen atoms in total. The van der Waals surface area contributed by atoms with Gasteiger partial charge in [-0.15, -0.1) is 0 Å². The Kier molecular flexibility index (Phi) is 12.0. The number of phenolic OH excluding ortho intramolecular Hbond substituents is 1. The van der Waals surface area contributed by atoms with Gasteiger partial charge in [0.15, 0.2) is 5.76 Å². The predicted molar refractivity (Wildman–Crippen MR) is 182 cm³/mol. The third-order valence-corrected chi connectivity index (χ3v) is 9.10. The summed E-state index contributed by atoms with van der Waals surface area (Å²) in [5.74, 6) is 0.338. The van der Waals surface area contributed by atoms with E-state index in [2.05, 4.69) is 4.90 Å². The van der Waals surface area contributed by atoms with Gasteiger partial charge in [0.25, 0.3) is 0 Å². The summed E-state index contributed by atoms with van der Waals surface area (Å²) >= 11 is 0. The topological polar surface area (TPSA) is 151 Å². The maximum absolute atomic E-state index is 14.3. The summed E-state index contributed by atoms with van der Waals surface area (Å²) in [4.78, 5) is 16.8. The predicted octanol–water partition coefficient (Wildman–Crippen LogP) is 4.92. The first-order chi connectivity index (χ1) is 23.1. The van der Waals surface area contributed by atoms with Gasteiger partial charge in [-0.25, -0.2) is 0 Å². The van der Waals surface area contributed by atoms with Gasteiger partial charge in [-0.2, -0.15) is 0 Å². The Morgan fingerprint density at radius 2 is 1.71 bits per heavy atom. The van der Waals surface area contributed by atoms with Crippen LogP contribution in [0.3, 0.4) is 0 Å². The molecule has 0 radical (unpaired) electrons. The van der Waals surface area contributed by atoms with Crippen LogP contribution in [0.4, 0.5) is 0 Å². The zero-order valence-electron chi connectivity index (χ0n) is 28.3. The largest absolute Gasteiger partial charge is 0.507 e. The average molecular weight is 668 g/mol. The Morgan fingerprint density at radius 1 is 1.00 bits per heavy atom. The van der Waals surface area contributed by atoms with Crippen molar-refractivity contribution in [1.82, 2.24) is 4.90 Å². The van der Waals surface area contributed by atoms with E-state index in [0.717, 1.165) is 37.8 Å². The molecule has 11 heteroatoms. The quantitative estimate of drug-likeness (QED) is 0.137. The van der Waals surface area contributed by atoms with Crippen molar-refractivity contribution in [2.75, 3.05) is 33.4 Å². The fraction of sp³-hybridized carbons (Fsp3) is 0.541. The van der Waals surface area contributed by atoms with Crippen molar-refractivity contribution in [3.05, 3.63) is 57.8 Å². The van der Waals surface area contributed by atoms with Crippen molar-refractivity contribution < 1.29 is 43.8 Å². The highest BCUT2D eigenvalue weighted by atomic mass is 16.7. The van der Waals surface area contributed by atoms with Gasteiger partial charge in [-0.1, -0.05) is 24.5 Å². The fourth-order valence-electron chi connectivity index (χ4n) is 6.23. The van der Waals surface area contributed by atoms with Crippen molar-refractivity contribution in [3.63, 3.8) is 0 Å². The third-order valence-electron chi connectivity index (χ3n) is 9.10. The number of aliphatic hydroxyl groups excluding tert-OH is 3. The summed E-state index contributed by atoms with van der Waals surface area (Å²) in [6.07, 6.45) is 2.08. The van der Waals surface area contributed by atoms with Gasteiger partial charge < -0.3 is 48.7 Å². The number of hydrogen-bond acceptors (Lipinski definition) is 11. The lowest BCUT2D eigenvalue weighted by atomic mass is 10.00. The first kappa shape index (κ1) is 35.7. The maximum atomic E-state index is 14.3. The fourth-order valence-corrected chi connectivity index (χ4v) is 6.23. The Bertz CT molecular complexity index is 1610. The molecule has 2 saturated heterocycles. The van der Waals surface area contributed by atoms with Crippen LogP contribution in [0.15, 0.2) is 51.2 Å². The molecular weight excluding hydrogens is 618 g/mol. The standard InChI is InChI=1S/C37H49NO10/c1-22(2)11-16-26-28(45-20-10-6-5-7-17-38-18-8-9-19-38)21-27(39)29-31(41)36(48-37-33(43)32(42)30(40)23(3)46-37)34(47-35(26)29)24-12-14-25(44-4)15-13-24/h11-15,21,23,30,32-33,37,39-40,42-43H,5-10,16-20H2,1-4H3/t23-,30-,32+,33+,37-/m1/s1. The molecule has 5 atom stereocenters. The lowest BCUT2D eigenvalue weighted by molar-refractivity contribution is -0.268. The third kappa shape index (κ3) is 8.15. The molecule has 2 aliphatic heterocycles. The molecule has 5 rings (SSSR count). The zero-order valence-corrected chi connectivity index (χ0v) is 28.3. The van der Waals surface area contributed by atoms with Gasteiger partial charge in [-0.3, -0.25) is 4.79 Å². The van der Waals surface area contributed by atoms with Gasteiger partial charge in [0.1, 0.15) is 46.5 Å². The van der Waals surface area contributed by atoms with Gasteiger partial charge >= 0.3 is 0 Å². The van der Waals surface area contributed by atoms with E-state index in [0.29, 0.717) is 35.7 Å². The number of likely N-dealkylation sites (tertiary alicyclic amines) is 1. The molecule has 4 N–H and O–H groups in total. The number of phenols is 1. The molecule has 2 fully saturated rings. The van der Waals surface area contributed by atoms with Gasteiger partial charge in [0, 0.05) is 17.2 Å². The number of ether oxygens (including phenoxy) is 4. The molecule has 0 unspecified atom stereocenters. The van der Waals surface area contributed by atoms with Crippen molar-refractivity contribution >= 4 is 11.0 Å². The first-order valence-corrected chi connectivity index (χ1v) is 16.9. The maximum Gasteiger partial charge on any atom is 0.239 e. The van der Waals surface area contributed by atoms with Crippen molar-refractivity contribution in [2.45, 2.75) is 96.4 Å². The summed E-state index contributed by atoms with van der Waals surface area (Å²) in [6.45, 7) is 9.44. The number of rotatable bonds is 14. The van der Waals surface area contributed by atoms with E-state index in [1.165, 1.54) is 46.0 Å². The normalized spacial score (nSPS) is 22.9. The van der Waals surface area contributed by atoms with Crippen LogP contribution in [0.25, 0.3) is 22.3 Å². The second-order valence-corrected chi connectivity index (χ2v) is 13.0. The number of unbranched alkanes of at least 4 members (excludes halogenated alkanes) is 3. The van der Waals surface area contributed by atoms with Crippen LogP contribution < -0.4 is 19.6 Å². The van der Waals surface area contributed by atoms with Gasteiger partial charge in [0.2, 0.25) is 17.5 Å². The van der Waals surface area contributed by atoms with E-state index in [9.17, 15) is 25.2 Å². The summed E-state index contributed by atoms with van der Waals surface area (Å²) in [6, 6.07) is 8.21. The molecule has 2 aromatic carbocycles. The van der Waals surface area contributed by atoms with Crippen LogP contribution in [0.5, 0.6) is 23.0 Å². The summed E-state index contributed by atoms with van der Waals surface area (Å²) in [7, 11) is 1.54. The lowest BCUT2D eigenvalue weighted by Crippen LogP contribution is -2.58. The Hall–Kier alpha value is -3.61.